The Morgan fingerprint density at radius 2 is 2.21 bits per heavy atom. The molecule has 0 bridgehead atoms. The van der Waals surface area contributed by atoms with Crippen LogP contribution in [0.5, 0.6) is 0 Å². The standard InChI is InChI=1S/C13H21N3O3/c1-10(17)12-9-16(15-14-12)11-2-5-19-13(8-11)3-6-18-7-4-13/h9-11,17H,2-8H2,1H3. The van der Waals surface area contributed by atoms with Gasteiger partial charge in [0.2, 0.25) is 0 Å². The lowest BCUT2D eigenvalue weighted by atomic mass is 9.84. The summed E-state index contributed by atoms with van der Waals surface area (Å²) in [4.78, 5) is 0. The highest BCUT2D eigenvalue weighted by Crippen LogP contribution is 2.38. The predicted molar refractivity (Wildman–Crippen MR) is 67.7 cm³/mol. The maximum atomic E-state index is 9.52. The van der Waals surface area contributed by atoms with Crippen LogP contribution in [0.4, 0.5) is 0 Å². The van der Waals surface area contributed by atoms with Gasteiger partial charge in [0.25, 0.3) is 0 Å². The van der Waals surface area contributed by atoms with E-state index < -0.39 is 6.10 Å². The van der Waals surface area contributed by atoms with Crippen molar-refractivity contribution in [3.05, 3.63) is 11.9 Å². The van der Waals surface area contributed by atoms with Crippen LogP contribution in [0, 0.1) is 0 Å². The Kier molecular flexibility index (Phi) is 3.56. The quantitative estimate of drug-likeness (QED) is 0.873. The number of rotatable bonds is 2. The molecule has 0 aromatic carbocycles. The van der Waals surface area contributed by atoms with E-state index in [1.807, 2.05) is 10.9 Å². The zero-order valence-corrected chi connectivity index (χ0v) is 11.3. The zero-order chi connectivity index (χ0) is 13.3. The number of hydrogen-bond donors (Lipinski definition) is 1. The van der Waals surface area contributed by atoms with Crippen molar-refractivity contribution in [2.75, 3.05) is 19.8 Å². The van der Waals surface area contributed by atoms with Crippen molar-refractivity contribution in [1.29, 1.82) is 0 Å². The summed E-state index contributed by atoms with van der Waals surface area (Å²) in [6, 6.07) is 0.312. The Bertz CT molecular complexity index is 421. The highest BCUT2D eigenvalue weighted by atomic mass is 16.5. The normalized spacial score (nSPS) is 28.4. The van der Waals surface area contributed by atoms with Crippen LogP contribution >= 0.6 is 0 Å². The molecule has 2 unspecified atom stereocenters. The van der Waals surface area contributed by atoms with Crippen molar-refractivity contribution >= 4 is 0 Å². The smallest absolute Gasteiger partial charge is 0.111 e. The van der Waals surface area contributed by atoms with Gasteiger partial charge in [0.05, 0.1) is 23.9 Å². The summed E-state index contributed by atoms with van der Waals surface area (Å²) in [5.41, 5.74) is 0.588. The van der Waals surface area contributed by atoms with Crippen LogP contribution < -0.4 is 0 Å². The second-order valence-electron chi connectivity index (χ2n) is 5.59. The van der Waals surface area contributed by atoms with Crippen molar-refractivity contribution in [2.24, 2.45) is 0 Å². The second-order valence-corrected chi connectivity index (χ2v) is 5.59. The van der Waals surface area contributed by atoms with Crippen molar-refractivity contribution in [3.8, 4) is 0 Å². The molecule has 1 aromatic heterocycles. The Hall–Kier alpha value is -0.980. The van der Waals surface area contributed by atoms with E-state index >= 15 is 0 Å². The number of ether oxygens (including phenoxy) is 2. The van der Waals surface area contributed by atoms with Crippen LogP contribution in [-0.4, -0.2) is 45.5 Å². The summed E-state index contributed by atoms with van der Waals surface area (Å²) in [7, 11) is 0. The minimum absolute atomic E-state index is 0.0435. The topological polar surface area (TPSA) is 69.4 Å². The second kappa shape index (κ2) is 5.19. The fourth-order valence-corrected chi connectivity index (χ4v) is 2.98. The summed E-state index contributed by atoms with van der Waals surface area (Å²) in [5.74, 6) is 0. The summed E-state index contributed by atoms with van der Waals surface area (Å²) in [6.07, 6.45) is 5.12. The van der Waals surface area contributed by atoms with Crippen LogP contribution in [0.25, 0.3) is 0 Å². The molecular weight excluding hydrogens is 246 g/mol. The molecule has 0 radical (unpaired) electrons. The molecule has 2 fully saturated rings. The van der Waals surface area contributed by atoms with Crippen LogP contribution in [0.3, 0.4) is 0 Å². The third-order valence-electron chi connectivity index (χ3n) is 4.20. The highest BCUT2D eigenvalue weighted by Gasteiger charge is 2.39. The highest BCUT2D eigenvalue weighted by molar-refractivity contribution is 4.98. The molecule has 6 nitrogen and oxygen atoms in total. The van der Waals surface area contributed by atoms with Gasteiger partial charge in [0.1, 0.15) is 5.69 Å². The van der Waals surface area contributed by atoms with Gasteiger partial charge in [-0.15, -0.1) is 5.10 Å². The molecule has 1 spiro atoms. The summed E-state index contributed by atoms with van der Waals surface area (Å²) < 4.78 is 13.3. The fraction of sp³-hybridized carbons (Fsp3) is 0.846. The fourth-order valence-electron chi connectivity index (χ4n) is 2.98. The van der Waals surface area contributed by atoms with E-state index in [-0.39, 0.29) is 5.60 Å². The molecular formula is C13H21N3O3. The maximum Gasteiger partial charge on any atom is 0.111 e. The molecule has 2 aliphatic heterocycles. The van der Waals surface area contributed by atoms with Gasteiger partial charge in [-0.3, -0.25) is 0 Å². The predicted octanol–water partition coefficient (Wildman–Crippen LogP) is 1.23. The molecule has 0 aliphatic carbocycles. The lowest BCUT2D eigenvalue weighted by Crippen LogP contribution is -2.44. The first-order chi connectivity index (χ1) is 9.19. The minimum atomic E-state index is -0.564. The lowest BCUT2D eigenvalue weighted by Gasteiger charge is -2.43. The number of aliphatic hydroxyl groups is 1. The Balaban J connectivity index is 1.73. The molecule has 2 aliphatic rings. The van der Waals surface area contributed by atoms with E-state index in [1.165, 1.54) is 0 Å². The first-order valence-electron chi connectivity index (χ1n) is 7.00. The third kappa shape index (κ3) is 2.66. The van der Waals surface area contributed by atoms with E-state index in [4.69, 9.17) is 9.47 Å². The van der Waals surface area contributed by atoms with Gasteiger partial charge in [0.15, 0.2) is 0 Å². The van der Waals surface area contributed by atoms with Gasteiger partial charge < -0.3 is 14.6 Å². The van der Waals surface area contributed by atoms with Gasteiger partial charge >= 0.3 is 0 Å². The number of aliphatic hydroxyl groups excluding tert-OH is 1. The van der Waals surface area contributed by atoms with Crippen LogP contribution in [0.1, 0.15) is 50.4 Å². The van der Waals surface area contributed by atoms with Crippen LogP contribution in [-0.2, 0) is 9.47 Å². The molecule has 3 heterocycles. The number of nitrogens with zero attached hydrogens (tertiary/aromatic N) is 3. The molecule has 0 amide bonds. The van der Waals surface area contributed by atoms with Crippen molar-refractivity contribution in [2.45, 2.75) is 50.4 Å². The van der Waals surface area contributed by atoms with Gasteiger partial charge in [0, 0.05) is 19.8 Å². The average molecular weight is 267 g/mol. The Labute approximate surface area is 112 Å². The van der Waals surface area contributed by atoms with Gasteiger partial charge in [-0.05, 0) is 32.6 Å². The van der Waals surface area contributed by atoms with Gasteiger partial charge in [-0.1, -0.05) is 5.21 Å². The van der Waals surface area contributed by atoms with E-state index in [2.05, 4.69) is 10.3 Å². The van der Waals surface area contributed by atoms with Crippen molar-refractivity contribution < 1.29 is 14.6 Å². The summed E-state index contributed by atoms with van der Waals surface area (Å²) in [5, 5.41) is 17.7. The first kappa shape index (κ1) is 13.0. The molecule has 3 rings (SSSR count). The lowest BCUT2D eigenvalue weighted by molar-refractivity contribution is -0.145. The van der Waals surface area contributed by atoms with Gasteiger partial charge in [-0.2, -0.15) is 0 Å². The van der Waals surface area contributed by atoms with Crippen LogP contribution in [0.15, 0.2) is 6.20 Å². The molecule has 106 valence electrons. The molecule has 1 N–H and O–H groups in total. The minimum Gasteiger partial charge on any atom is -0.387 e. The summed E-state index contributed by atoms with van der Waals surface area (Å²) in [6.45, 7) is 4.03. The number of aromatic nitrogens is 3. The van der Waals surface area contributed by atoms with Gasteiger partial charge in [-0.25, -0.2) is 4.68 Å². The van der Waals surface area contributed by atoms with E-state index in [9.17, 15) is 5.11 Å². The molecule has 6 heteroatoms. The SMILES string of the molecule is CC(O)c1cn(C2CCOC3(CCOCC3)C2)nn1. The number of hydrogen-bond acceptors (Lipinski definition) is 5. The van der Waals surface area contributed by atoms with Crippen molar-refractivity contribution in [1.82, 2.24) is 15.0 Å². The molecule has 19 heavy (non-hydrogen) atoms. The Morgan fingerprint density at radius 3 is 2.89 bits per heavy atom. The van der Waals surface area contributed by atoms with E-state index in [1.54, 1.807) is 6.92 Å². The first-order valence-corrected chi connectivity index (χ1v) is 7.00. The largest absolute Gasteiger partial charge is 0.387 e. The molecule has 0 saturated carbocycles. The van der Waals surface area contributed by atoms with E-state index in [0.717, 1.165) is 45.5 Å². The summed E-state index contributed by atoms with van der Waals surface area (Å²) >= 11 is 0. The maximum absolute atomic E-state index is 9.52. The Morgan fingerprint density at radius 1 is 1.42 bits per heavy atom. The van der Waals surface area contributed by atoms with Crippen molar-refractivity contribution in [3.63, 3.8) is 0 Å². The van der Waals surface area contributed by atoms with E-state index in [0.29, 0.717) is 11.7 Å². The molecule has 2 saturated heterocycles. The average Bonchev–Trinajstić information content (AvgIpc) is 2.89. The zero-order valence-electron chi connectivity index (χ0n) is 11.3. The monoisotopic (exact) mass is 267 g/mol. The molecule has 2 atom stereocenters. The van der Waals surface area contributed by atoms with Crippen LogP contribution in [0.2, 0.25) is 0 Å². The third-order valence-corrected chi connectivity index (χ3v) is 4.20. The molecule has 1 aromatic rings.